The van der Waals surface area contributed by atoms with Gasteiger partial charge in [-0.05, 0) is 75.3 Å². The van der Waals surface area contributed by atoms with Crippen molar-refractivity contribution in [3.63, 3.8) is 0 Å². The van der Waals surface area contributed by atoms with Crippen LogP contribution in [0.4, 0.5) is 5.69 Å². The first-order valence-corrected chi connectivity index (χ1v) is 8.16. The van der Waals surface area contributed by atoms with Crippen LogP contribution in [0.3, 0.4) is 0 Å². The van der Waals surface area contributed by atoms with Crippen molar-refractivity contribution in [3.05, 3.63) is 28.2 Å². The maximum absolute atomic E-state index is 12.3. The molecule has 4 heteroatoms. The number of benzene rings is 1. The predicted molar refractivity (Wildman–Crippen MR) is 86.6 cm³/mol. The fraction of sp³-hybridized carbons (Fsp3) is 0.562. The van der Waals surface area contributed by atoms with Gasteiger partial charge in [-0.25, -0.2) is 0 Å². The molecule has 0 aromatic heterocycles. The maximum atomic E-state index is 12.3. The summed E-state index contributed by atoms with van der Waals surface area (Å²) in [7, 11) is 0. The number of hydrogen-bond donors (Lipinski definition) is 2. The van der Waals surface area contributed by atoms with Crippen LogP contribution < -0.4 is 11.1 Å². The Hall–Kier alpha value is -0.870. The highest BCUT2D eigenvalue weighted by molar-refractivity contribution is 9.10. The summed E-state index contributed by atoms with van der Waals surface area (Å²) in [6.45, 7) is 2.78. The molecular formula is C16H23BrN2O. The highest BCUT2D eigenvalue weighted by Crippen LogP contribution is 2.31. The van der Waals surface area contributed by atoms with E-state index in [0.717, 1.165) is 60.3 Å². The summed E-state index contributed by atoms with van der Waals surface area (Å²) in [6, 6.07) is 5.94. The Labute approximate surface area is 129 Å². The lowest BCUT2D eigenvalue weighted by molar-refractivity contribution is -0.121. The third-order valence-corrected chi connectivity index (χ3v) is 4.73. The van der Waals surface area contributed by atoms with Crippen LogP contribution in [0.1, 0.15) is 37.7 Å². The van der Waals surface area contributed by atoms with Crippen LogP contribution in [-0.4, -0.2) is 12.5 Å². The van der Waals surface area contributed by atoms with Crippen molar-refractivity contribution in [1.82, 2.24) is 0 Å². The van der Waals surface area contributed by atoms with Gasteiger partial charge >= 0.3 is 0 Å². The molecule has 3 N–H and O–H groups in total. The first kappa shape index (κ1) is 15.5. The summed E-state index contributed by atoms with van der Waals surface area (Å²) in [5.41, 5.74) is 7.61. The normalized spacial score (nSPS) is 22.6. The Morgan fingerprint density at radius 1 is 1.35 bits per heavy atom. The zero-order valence-corrected chi connectivity index (χ0v) is 13.6. The van der Waals surface area contributed by atoms with Crippen LogP contribution in [0.25, 0.3) is 0 Å². The first-order chi connectivity index (χ1) is 9.60. The second-order valence-corrected chi connectivity index (χ2v) is 6.66. The van der Waals surface area contributed by atoms with Crippen molar-refractivity contribution in [3.8, 4) is 0 Å². The molecule has 0 spiro atoms. The Morgan fingerprint density at radius 2 is 2.05 bits per heavy atom. The lowest BCUT2D eigenvalue weighted by Crippen LogP contribution is -2.28. The molecule has 1 aliphatic rings. The number of halogens is 1. The molecule has 1 aliphatic carbocycles. The molecule has 1 amide bonds. The lowest BCUT2D eigenvalue weighted by Gasteiger charge is -2.27. The highest BCUT2D eigenvalue weighted by Gasteiger charge is 2.26. The SMILES string of the molecule is Cc1cc(Br)ccc1NC(=O)C1CCC(CCN)CC1. The highest BCUT2D eigenvalue weighted by atomic mass is 79.9. The second-order valence-electron chi connectivity index (χ2n) is 5.74. The minimum atomic E-state index is 0.159. The minimum absolute atomic E-state index is 0.159. The number of rotatable bonds is 4. The maximum Gasteiger partial charge on any atom is 0.227 e. The van der Waals surface area contributed by atoms with Gasteiger partial charge in [-0.15, -0.1) is 0 Å². The first-order valence-electron chi connectivity index (χ1n) is 7.37. The molecule has 1 fully saturated rings. The summed E-state index contributed by atoms with van der Waals surface area (Å²) < 4.78 is 1.04. The molecule has 0 unspecified atom stereocenters. The number of carbonyl (C=O) groups excluding carboxylic acids is 1. The summed E-state index contributed by atoms with van der Waals surface area (Å²) >= 11 is 3.44. The molecule has 20 heavy (non-hydrogen) atoms. The van der Waals surface area contributed by atoms with Crippen LogP contribution in [0.2, 0.25) is 0 Å². The van der Waals surface area contributed by atoms with Crippen LogP contribution in [0.5, 0.6) is 0 Å². The number of amides is 1. The second kappa shape index (κ2) is 7.23. The van der Waals surface area contributed by atoms with Gasteiger partial charge in [0, 0.05) is 16.1 Å². The third kappa shape index (κ3) is 4.06. The van der Waals surface area contributed by atoms with Gasteiger partial charge in [-0.2, -0.15) is 0 Å². The molecule has 1 aromatic rings. The van der Waals surface area contributed by atoms with Crippen molar-refractivity contribution in [2.45, 2.75) is 39.0 Å². The molecule has 0 bridgehead atoms. The Balaban J connectivity index is 1.89. The number of hydrogen-bond acceptors (Lipinski definition) is 2. The minimum Gasteiger partial charge on any atom is -0.330 e. The van der Waals surface area contributed by atoms with Gasteiger partial charge in [-0.3, -0.25) is 4.79 Å². The van der Waals surface area contributed by atoms with Crippen LogP contribution >= 0.6 is 15.9 Å². The Bertz CT molecular complexity index is 468. The van der Waals surface area contributed by atoms with Gasteiger partial charge < -0.3 is 11.1 Å². The van der Waals surface area contributed by atoms with E-state index in [0.29, 0.717) is 0 Å². The molecule has 1 saturated carbocycles. The average molecular weight is 339 g/mol. The van der Waals surface area contributed by atoms with E-state index in [4.69, 9.17) is 5.73 Å². The number of anilines is 1. The van der Waals surface area contributed by atoms with Gasteiger partial charge in [0.05, 0.1) is 0 Å². The van der Waals surface area contributed by atoms with Crippen molar-refractivity contribution < 1.29 is 4.79 Å². The molecule has 0 saturated heterocycles. The monoisotopic (exact) mass is 338 g/mol. The van der Waals surface area contributed by atoms with E-state index in [1.165, 1.54) is 0 Å². The molecule has 0 atom stereocenters. The van der Waals surface area contributed by atoms with Crippen molar-refractivity contribution >= 4 is 27.5 Å². The van der Waals surface area contributed by atoms with Crippen molar-refractivity contribution in [2.24, 2.45) is 17.6 Å². The summed E-state index contributed by atoms with van der Waals surface area (Å²) in [5.74, 6) is 1.05. The van der Waals surface area contributed by atoms with E-state index in [1.807, 2.05) is 25.1 Å². The topological polar surface area (TPSA) is 55.1 Å². The Kier molecular flexibility index (Phi) is 5.61. The predicted octanol–water partition coefficient (Wildman–Crippen LogP) is 3.85. The zero-order chi connectivity index (χ0) is 14.5. The molecule has 0 radical (unpaired) electrons. The van der Waals surface area contributed by atoms with E-state index in [-0.39, 0.29) is 11.8 Å². The summed E-state index contributed by atoms with van der Waals surface area (Å²) in [6.07, 6.45) is 5.35. The number of nitrogens with one attached hydrogen (secondary N) is 1. The fourth-order valence-corrected chi connectivity index (χ4v) is 3.43. The number of aryl methyl sites for hydroxylation is 1. The molecule has 1 aromatic carbocycles. The van der Waals surface area contributed by atoms with Crippen molar-refractivity contribution in [1.29, 1.82) is 0 Å². The molecule has 0 heterocycles. The van der Waals surface area contributed by atoms with Gasteiger partial charge in [-0.1, -0.05) is 15.9 Å². The van der Waals surface area contributed by atoms with Gasteiger partial charge in [0.15, 0.2) is 0 Å². The van der Waals surface area contributed by atoms with E-state index >= 15 is 0 Å². The molecule has 0 aliphatic heterocycles. The molecule has 2 rings (SSSR count). The largest absolute Gasteiger partial charge is 0.330 e. The molecule has 3 nitrogen and oxygen atoms in total. The van der Waals surface area contributed by atoms with Crippen molar-refractivity contribution in [2.75, 3.05) is 11.9 Å². The van der Waals surface area contributed by atoms with Gasteiger partial charge in [0.25, 0.3) is 0 Å². The summed E-state index contributed by atoms with van der Waals surface area (Å²) in [5, 5.41) is 3.07. The van der Waals surface area contributed by atoms with Crippen LogP contribution in [0.15, 0.2) is 22.7 Å². The Morgan fingerprint density at radius 3 is 2.65 bits per heavy atom. The van der Waals surface area contributed by atoms with Gasteiger partial charge in [0.2, 0.25) is 5.91 Å². The lowest BCUT2D eigenvalue weighted by atomic mass is 9.80. The van der Waals surface area contributed by atoms with Crippen LogP contribution in [-0.2, 0) is 4.79 Å². The molecular weight excluding hydrogens is 316 g/mol. The van der Waals surface area contributed by atoms with E-state index in [9.17, 15) is 4.79 Å². The van der Waals surface area contributed by atoms with E-state index < -0.39 is 0 Å². The average Bonchev–Trinajstić information content (AvgIpc) is 2.43. The molecule has 110 valence electrons. The number of nitrogens with two attached hydrogens (primary N) is 1. The summed E-state index contributed by atoms with van der Waals surface area (Å²) in [4.78, 5) is 12.3. The standard InChI is InChI=1S/C16H23BrN2O/c1-11-10-14(17)6-7-15(11)19-16(20)13-4-2-12(3-5-13)8-9-18/h6-7,10,12-13H,2-5,8-9,18H2,1H3,(H,19,20). The van der Waals surface area contributed by atoms with E-state index in [2.05, 4.69) is 21.2 Å². The van der Waals surface area contributed by atoms with Crippen LogP contribution in [0, 0.1) is 18.8 Å². The van der Waals surface area contributed by atoms with Gasteiger partial charge in [0.1, 0.15) is 0 Å². The smallest absolute Gasteiger partial charge is 0.227 e. The zero-order valence-electron chi connectivity index (χ0n) is 12.0. The van der Waals surface area contributed by atoms with E-state index in [1.54, 1.807) is 0 Å². The third-order valence-electron chi connectivity index (χ3n) is 4.24. The quantitative estimate of drug-likeness (QED) is 0.875. The number of carbonyl (C=O) groups is 1. The fourth-order valence-electron chi connectivity index (χ4n) is 2.95.